The number of halogens is 3. The molecule has 160 valence electrons. The maximum absolute atomic E-state index is 12.4. The number of aromatic nitrogens is 1. The third kappa shape index (κ3) is 5.64. The highest BCUT2D eigenvalue weighted by molar-refractivity contribution is 5.79. The molecule has 5 nitrogen and oxygen atoms in total. The Kier molecular flexibility index (Phi) is 5.83. The zero-order valence-corrected chi connectivity index (χ0v) is 16.5. The van der Waals surface area contributed by atoms with Crippen LogP contribution in [0.3, 0.4) is 0 Å². The number of alkyl halides is 3. The van der Waals surface area contributed by atoms with Crippen LogP contribution in [0.25, 0.3) is 0 Å². The SMILES string of the molecule is O=C(Cc1ccc(C2CC2)cc1)N[C@@H]1CCN(c2cc(OCC(F)(F)F)ccn2)C1. The van der Waals surface area contributed by atoms with Crippen LogP contribution in [0.5, 0.6) is 5.75 Å². The summed E-state index contributed by atoms with van der Waals surface area (Å²) in [7, 11) is 0. The highest BCUT2D eigenvalue weighted by Crippen LogP contribution is 2.39. The quantitative estimate of drug-likeness (QED) is 0.741. The van der Waals surface area contributed by atoms with Crippen LogP contribution in [0.1, 0.15) is 36.3 Å². The van der Waals surface area contributed by atoms with Crippen molar-refractivity contribution < 1.29 is 22.7 Å². The molecule has 1 atom stereocenters. The van der Waals surface area contributed by atoms with Gasteiger partial charge >= 0.3 is 6.18 Å². The van der Waals surface area contributed by atoms with Gasteiger partial charge < -0.3 is 15.0 Å². The number of hydrogen-bond donors (Lipinski definition) is 1. The number of pyridine rings is 1. The van der Waals surface area contributed by atoms with Crippen molar-refractivity contribution in [3.8, 4) is 5.75 Å². The fourth-order valence-corrected chi connectivity index (χ4v) is 3.70. The molecule has 30 heavy (non-hydrogen) atoms. The van der Waals surface area contributed by atoms with E-state index in [1.54, 1.807) is 0 Å². The number of nitrogens with zero attached hydrogens (tertiary/aromatic N) is 2. The number of rotatable bonds is 7. The van der Waals surface area contributed by atoms with Gasteiger partial charge in [0.05, 0.1) is 6.42 Å². The molecule has 2 heterocycles. The van der Waals surface area contributed by atoms with Crippen molar-refractivity contribution in [1.82, 2.24) is 10.3 Å². The fraction of sp³-hybridized carbons (Fsp3) is 0.455. The number of carbonyl (C=O) groups excluding carboxylic acids is 1. The Bertz CT molecular complexity index is 882. The first-order chi connectivity index (χ1) is 14.4. The monoisotopic (exact) mass is 419 g/mol. The van der Waals surface area contributed by atoms with Gasteiger partial charge in [-0.25, -0.2) is 4.98 Å². The van der Waals surface area contributed by atoms with Gasteiger partial charge in [-0.15, -0.1) is 0 Å². The molecule has 1 saturated heterocycles. The van der Waals surface area contributed by atoms with E-state index < -0.39 is 12.8 Å². The number of benzene rings is 1. The molecule has 1 saturated carbocycles. The van der Waals surface area contributed by atoms with Gasteiger partial charge in [-0.05, 0) is 42.4 Å². The zero-order chi connectivity index (χ0) is 21.1. The Hall–Kier alpha value is -2.77. The lowest BCUT2D eigenvalue weighted by Gasteiger charge is -2.19. The van der Waals surface area contributed by atoms with Crippen molar-refractivity contribution >= 4 is 11.7 Å². The molecule has 1 aliphatic carbocycles. The van der Waals surface area contributed by atoms with Crippen molar-refractivity contribution in [3.63, 3.8) is 0 Å². The molecule has 2 aliphatic rings. The summed E-state index contributed by atoms with van der Waals surface area (Å²) in [5.41, 5.74) is 2.34. The summed E-state index contributed by atoms with van der Waals surface area (Å²) in [5.74, 6) is 1.33. The van der Waals surface area contributed by atoms with Crippen molar-refractivity contribution in [1.29, 1.82) is 0 Å². The lowest BCUT2D eigenvalue weighted by atomic mass is 10.1. The largest absolute Gasteiger partial charge is 0.484 e. The Morgan fingerprint density at radius 3 is 2.63 bits per heavy atom. The lowest BCUT2D eigenvalue weighted by Crippen LogP contribution is -2.38. The second kappa shape index (κ2) is 8.53. The topological polar surface area (TPSA) is 54.5 Å². The predicted molar refractivity (Wildman–Crippen MR) is 107 cm³/mol. The molecule has 1 amide bonds. The van der Waals surface area contributed by atoms with Gasteiger partial charge in [0.15, 0.2) is 6.61 Å². The number of anilines is 1. The minimum Gasteiger partial charge on any atom is -0.484 e. The number of ether oxygens (including phenoxy) is 1. The first-order valence-corrected chi connectivity index (χ1v) is 10.1. The Balaban J connectivity index is 1.27. The van der Waals surface area contributed by atoms with Crippen LogP contribution in [-0.2, 0) is 11.2 Å². The van der Waals surface area contributed by atoms with Crippen molar-refractivity contribution in [3.05, 3.63) is 53.7 Å². The molecular weight excluding hydrogens is 395 g/mol. The van der Waals surface area contributed by atoms with Crippen LogP contribution in [-0.4, -0.2) is 42.8 Å². The van der Waals surface area contributed by atoms with E-state index in [9.17, 15) is 18.0 Å². The maximum Gasteiger partial charge on any atom is 0.422 e. The van der Waals surface area contributed by atoms with Gasteiger partial charge in [-0.3, -0.25) is 4.79 Å². The van der Waals surface area contributed by atoms with Crippen LogP contribution in [0.4, 0.5) is 19.0 Å². The van der Waals surface area contributed by atoms with E-state index in [2.05, 4.69) is 22.4 Å². The standard InChI is InChI=1S/C22H24F3N3O2/c23-22(24,25)14-30-19-7-9-26-20(12-19)28-10-8-18(13-28)27-21(29)11-15-1-3-16(4-2-15)17-5-6-17/h1-4,7,9,12,17-18H,5-6,8,10-11,13-14H2,(H,27,29)/t18-/m1/s1. The molecule has 4 rings (SSSR count). The van der Waals surface area contributed by atoms with Crippen molar-refractivity contribution in [2.24, 2.45) is 0 Å². The normalized spacial score (nSPS) is 19.0. The molecule has 1 aliphatic heterocycles. The molecule has 0 bridgehead atoms. The van der Waals surface area contributed by atoms with Gasteiger partial charge in [-0.2, -0.15) is 13.2 Å². The van der Waals surface area contributed by atoms with E-state index in [-0.39, 0.29) is 17.7 Å². The third-order valence-electron chi connectivity index (χ3n) is 5.39. The van der Waals surface area contributed by atoms with Crippen LogP contribution in [0, 0.1) is 0 Å². The maximum atomic E-state index is 12.4. The second-order valence-electron chi connectivity index (χ2n) is 7.95. The smallest absolute Gasteiger partial charge is 0.422 e. The molecule has 0 radical (unpaired) electrons. The second-order valence-corrected chi connectivity index (χ2v) is 7.95. The fourth-order valence-electron chi connectivity index (χ4n) is 3.70. The minimum absolute atomic E-state index is 0.0233. The molecule has 0 spiro atoms. The predicted octanol–water partition coefficient (Wildman–Crippen LogP) is 3.84. The van der Waals surface area contributed by atoms with E-state index in [1.165, 1.54) is 36.7 Å². The summed E-state index contributed by atoms with van der Waals surface area (Å²) >= 11 is 0. The van der Waals surface area contributed by atoms with Gasteiger partial charge in [0, 0.05) is 31.4 Å². The van der Waals surface area contributed by atoms with Gasteiger partial charge in [-0.1, -0.05) is 24.3 Å². The first kappa shape index (κ1) is 20.5. The summed E-state index contributed by atoms with van der Waals surface area (Å²) in [4.78, 5) is 18.6. The average molecular weight is 419 g/mol. The van der Waals surface area contributed by atoms with E-state index in [0.29, 0.717) is 31.2 Å². The number of carbonyl (C=O) groups is 1. The van der Waals surface area contributed by atoms with E-state index in [4.69, 9.17) is 4.74 Å². The summed E-state index contributed by atoms with van der Waals surface area (Å²) in [6, 6.07) is 11.1. The van der Waals surface area contributed by atoms with Crippen LogP contribution in [0.15, 0.2) is 42.6 Å². The Morgan fingerprint density at radius 2 is 1.93 bits per heavy atom. The molecule has 1 aromatic heterocycles. The minimum atomic E-state index is -4.38. The summed E-state index contributed by atoms with van der Waals surface area (Å²) in [6.07, 6.45) is 0.638. The molecule has 0 unspecified atom stereocenters. The van der Waals surface area contributed by atoms with Gasteiger partial charge in [0.2, 0.25) is 5.91 Å². The third-order valence-corrected chi connectivity index (χ3v) is 5.39. The van der Waals surface area contributed by atoms with Crippen LogP contribution < -0.4 is 15.0 Å². The van der Waals surface area contributed by atoms with Crippen molar-refractivity contribution in [2.45, 2.75) is 43.8 Å². The van der Waals surface area contributed by atoms with Gasteiger partial charge in [0.25, 0.3) is 0 Å². The zero-order valence-electron chi connectivity index (χ0n) is 16.5. The average Bonchev–Trinajstić information content (AvgIpc) is 3.46. The highest BCUT2D eigenvalue weighted by atomic mass is 19.4. The molecule has 1 aromatic carbocycles. The van der Waals surface area contributed by atoms with E-state index >= 15 is 0 Å². The highest BCUT2D eigenvalue weighted by Gasteiger charge is 2.29. The molecule has 2 fully saturated rings. The van der Waals surface area contributed by atoms with Gasteiger partial charge in [0.1, 0.15) is 11.6 Å². The molecule has 1 N–H and O–H groups in total. The van der Waals surface area contributed by atoms with E-state index in [0.717, 1.165) is 12.0 Å². The van der Waals surface area contributed by atoms with Crippen LogP contribution in [0.2, 0.25) is 0 Å². The summed E-state index contributed by atoms with van der Waals surface area (Å²) in [6.45, 7) is -0.115. The molecule has 8 heteroatoms. The number of amides is 1. The number of nitrogens with one attached hydrogen (secondary N) is 1. The summed E-state index contributed by atoms with van der Waals surface area (Å²) < 4.78 is 41.8. The Morgan fingerprint density at radius 1 is 1.17 bits per heavy atom. The first-order valence-electron chi connectivity index (χ1n) is 10.1. The molecular formula is C22H24F3N3O2. The Labute approximate surface area is 173 Å². The summed E-state index contributed by atoms with van der Waals surface area (Å²) in [5, 5.41) is 3.05. The van der Waals surface area contributed by atoms with Crippen molar-refractivity contribution in [2.75, 3.05) is 24.6 Å². The molecule has 2 aromatic rings. The van der Waals surface area contributed by atoms with E-state index in [1.807, 2.05) is 17.0 Å². The number of hydrogen-bond acceptors (Lipinski definition) is 4. The lowest BCUT2D eigenvalue weighted by molar-refractivity contribution is -0.153. The van der Waals surface area contributed by atoms with Crippen LogP contribution >= 0.6 is 0 Å².